The minimum absolute atomic E-state index is 0.0282. The van der Waals surface area contributed by atoms with Crippen LogP contribution in [0, 0.1) is 11.3 Å². The van der Waals surface area contributed by atoms with Crippen LogP contribution < -0.4 is 5.32 Å². The van der Waals surface area contributed by atoms with Gasteiger partial charge in [0.1, 0.15) is 6.07 Å². The molecule has 0 atom stereocenters. The summed E-state index contributed by atoms with van der Waals surface area (Å²) in [6, 6.07) is 38.1. The average Bonchev–Trinajstić information content (AvgIpc) is 3.75. The van der Waals surface area contributed by atoms with E-state index in [-0.39, 0.29) is 12.2 Å². The van der Waals surface area contributed by atoms with Crippen LogP contribution in [0.15, 0.2) is 109 Å². The van der Waals surface area contributed by atoms with Gasteiger partial charge in [0.2, 0.25) is 5.76 Å². The number of nitriles is 1. The quantitative estimate of drug-likeness (QED) is 0.107. The molecule has 5 nitrogen and oxygen atoms in total. The van der Waals surface area contributed by atoms with Crippen molar-refractivity contribution in [1.82, 2.24) is 9.88 Å². The molecule has 0 saturated heterocycles. The summed E-state index contributed by atoms with van der Waals surface area (Å²) in [7, 11) is 1.96. The van der Waals surface area contributed by atoms with Gasteiger partial charge in [0.15, 0.2) is 0 Å². The molecule has 41 heavy (non-hydrogen) atoms. The maximum absolute atomic E-state index is 10.7. The lowest BCUT2D eigenvalue weighted by atomic mass is 10.0. The van der Waals surface area contributed by atoms with Gasteiger partial charge < -0.3 is 14.6 Å². The predicted octanol–water partition coefficient (Wildman–Crippen LogP) is 8.51. The molecule has 0 aliphatic carbocycles. The summed E-state index contributed by atoms with van der Waals surface area (Å²) in [4.78, 5) is 14.9. The molecule has 0 fully saturated rings. The largest absolute Gasteiger partial charge is 0.417 e. The van der Waals surface area contributed by atoms with E-state index >= 15 is 0 Å². The highest BCUT2D eigenvalue weighted by Crippen LogP contribution is 2.47. The van der Waals surface area contributed by atoms with Crippen molar-refractivity contribution < 1.29 is 9.53 Å². The SMILES string of the molecule is CNCc1ccc(-n2c(-c3ccccc3)c(-c3ccc(-c4ccc(/C=C(/C#N)OC=O)s4)s3)c3ccccc32)cc1. The van der Waals surface area contributed by atoms with E-state index in [2.05, 4.69) is 94.8 Å². The molecule has 0 aliphatic rings. The highest BCUT2D eigenvalue weighted by atomic mass is 32.1. The number of allylic oxidation sites excluding steroid dienone is 1. The van der Waals surface area contributed by atoms with E-state index in [0.29, 0.717) is 0 Å². The molecule has 6 rings (SSSR count). The lowest BCUT2D eigenvalue weighted by Gasteiger charge is -2.13. The van der Waals surface area contributed by atoms with Crippen LogP contribution in [-0.2, 0) is 16.1 Å². The summed E-state index contributed by atoms with van der Waals surface area (Å²) in [5, 5.41) is 13.6. The number of carbonyl (C=O) groups is 1. The maximum atomic E-state index is 10.7. The Morgan fingerprint density at radius 2 is 1.59 bits per heavy atom. The van der Waals surface area contributed by atoms with E-state index < -0.39 is 0 Å². The lowest BCUT2D eigenvalue weighted by Crippen LogP contribution is -2.05. The molecule has 0 unspecified atom stereocenters. The van der Waals surface area contributed by atoms with Crippen LogP contribution in [0.4, 0.5) is 0 Å². The smallest absolute Gasteiger partial charge is 0.299 e. The number of rotatable bonds is 9. The number of ether oxygens (including phenoxy) is 1. The molecule has 3 heterocycles. The van der Waals surface area contributed by atoms with Gasteiger partial charge in [-0.2, -0.15) is 5.26 Å². The summed E-state index contributed by atoms with van der Waals surface area (Å²) in [6.45, 7) is 1.09. The summed E-state index contributed by atoms with van der Waals surface area (Å²) >= 11 is 3.30. The number of nitrogens with one attached hydrogen (secondary N) is 1. The van der Waals surface area contributed by atoms with E-state index in [4.69, 9.17) is 4.74 Å². The predicted molar refractivity (Wildman–Crippen MR) is 169 cm³/mol. The van der Waals surface area contributed by atoms with E-state index in [1.807, 2.05) is 31.3 Å². The molecule has 7 heteroatoms. The van der Waals surface area contributed by atoms with E-state index in [9.17, 15) is 10.1 Å². The first kappa shape index (κ1) is 26.5. The Hall–Kier alpha value is -4.74. The molecule has 0 spiro atoms. The average molecular weight is 572 g/mol. The third-order valence-corrected chi connectivity index (χ3v) is 9.11. The fourth-order valence-electron chi connectivity index (χ4n) is 5.04. The Kier molecular flexibility index (Phi) is 7.61. The number of aromatic nitrogens is 1. The first-order valence-corrected chi connectivity index (χ1v) is 14.7. The zero-order valence-electron chi connectivity index (χ0n) is 22.2. The molecule has 3 aromatic carbocycles. The molecule has 0 saturated carbocycles. The van der Waals surface area contributed by atoms with E-state index in [1.54, 1.807) is 28.7 Å². The van der Waals surface area contributed by atoms with Gasteiger partial charge in [-0.1, -0.05) is 60.7 Å². The van der Waals surface area contributed by atoms with E-state index in [0.717, 1.165) is 43.6 Å². The summed E-state index contributed by atoms with van der Waals surface area (Å²) < 4.78 is 7.12. The molecule has 1 N–H and O–H groups in total. The zero-order chi connectivity index (χ0) is 28.2. The zero-order valence-corrected chi connectivity index (χ0v) is 23.8. The number of nitrogens with zero attached hydrogens (tertiary/aromatic N) is 2. The normalized spacial score (nSPS) is 11.5. The Morgan fingerprint density at radius 1 is 0.878 bits per heavy atom. The maximum Gasteiger partial charge on any atom is 0.299 e. The number of para-hydroxylation sites is 1. The van der Waals surface area contributed by atoms with Gasteiger partial charge >= 0.3 is 0 Å². The van der Waals surface area contributed by atoms with Crippen molar-refractivity contribution in [3.63, 3.8) is 0 Å². The van der Waals surface area contributed by atoms with Gasteiger partial charge in [-0.15, -0.1) is 22.7 Å². The molecule has 3 aromatic heterocycles. The van der Waals surface area contributed by atoms with Crippen LogP contribution in [0.3, 0.4) is 0 Å². The minimum Gasteiger partial charge on any atom is -0.417 e. The van der Waals surface area contributed by atoms with Gasteiger partial charge in [-0.25, -0.2) is 0 Å². The molecule has 0 amide bonds. The van der Waals surface area contributed by atoms with Crippen molar-refractivity contribution in [2.24, 2.45) is 0 Å². The number of hydrogen-bond acceptors (Lipinski definition) is 6. The molecular formula is C34H25N3O2S2. The topological polar surface area (TPSA) is 67.1 Å². The fraction of sp³-hybridized carbons (Fsp3) is 0.0588. The second-order valence-corrected chi connectivity index (χ2v) is 11.5. The van der Waals surface area contributed by atoms with Gasteiger partial charge in [0.25, 0.3) is 6.47 Å². The van der Waals surface area contributed by atoms with Crippen molar-refractivity contribution in [2.75, 3.05) is 7.05 Å². The highest BCUT2D eigenvalue weighted by molar-refractivity contribution is 7.24. The molecule has 0 radical (unpaired) electrons. The monoisotopic (exact) mass is 571 g/mol. The summed E-state index contributed by atoms with van der Waals surface area (Å²) in [5.74, 6) is -0.0282. The first-order valence-electron chi connectivity index (χ1n) is 13.1. The number of carbonyl (C=O) groups excluding carboxylic acids is 1. The van der Waals surface area contributed by atoms with Crippen LogP contribution in [0.1, 0.15) is 10.4 Å². The molecule has 200 valence electrons. The van der Waals surface area contributed by atoms with Gasteiger partial charge in [0, 0.05) is 48.8 Å². The Morgan fingerprint density at radius 3 is 2.34 bits per heavy atom. The minimum atomic E-state index is -0.0282. The fourth-order valence-corrected chi connectivity index (χ4v) is 7.13. The van der Waals surface area contributed by atoms with Crippen molar-refractivity contribution in [3.8, 4) is 43.2 Å². The van der Waals surface area contributed by atoms with Gasteiger partial charge in [-0.3, -0.25) is 4.79 Å². The second-order valence-electron chi connectivity index (χ2n) is 9.34. The first-order chi connectivity index (χ1) is 20.2. The lowest BCUT2D eigenvalue weighted by molar-refractivity contribution is -0.124. The Balaban J connectivity index is 1.51. The molecule has 6 aromatic rings. The Bertz CT molecular complexity index is 1910. The number of benzene rings is 3. The van der Waals surface area contributed by atoms with Crippen LogP contribution in [-0.4, -0.2) is 18.1 Å². The van der Waals surface area contributed by atoms with Crippen LogP contribution in [0.5, 0.6) is 0 Å². The van der Waals surface area contributed by atoms with E-state index in [1.165, 1.54) is 21.4 Å². The Labute approximate surface area is 246 Å². The number of fused-ring (bicyclic) bond motifs is 1. The van der Waals surface area contributed by atoms with Gasteiger partial charge in [0.05, 0.1) is 11.2 Å². The molecule has 0 aliphatic heterocycles. The highest BCUT2D eigenvalue weighted by Gasteiger charge is 2.22. The van der Waals surface area contributed by atoms with Crippen LogP contribution in [0.25, 0.3) is 54.1 Å². The number of thiophene rings is 2. The molecular weight excluding hydrogens is 547 g/mol. The number of hydrogen-bond donors (Lipinski definition) is 1. The third kappa shape index (κ3) is 5.24. The second kappa shape index (κ2) is 11.8. The standard InChI is InChI=1S/C34H25N3O2S2/c1-36-21-23-11-13-25(14-12-23)37-29-10-6-5-9-28(29)33(34(37)24-7-3-2-4-8-24)32-18-17-31(41-32)30-16-15-27(40-30)19-26(20-35)39-22-38/h2-19,22,36H,21H2,1H3/b26-19-. The summed E-state index contributed by atoms with van der Waals surface area (Å²) in [6.07, 6.45) is 1.58. The summed E-state index contributed by atoms with van der Waals surface area (Å²) in [5.41, 5.74) is 7.01. The molecule has 0 bridgehead atoms. The van der Waals surface area contributed by atoms with Crippen molar-refractivity contribution in [1.29, 1.82) is 5.26 Å². The van der Waals surface area contributed by atoms with Gasteiger partial charge in [-0.05, 0) is 60.6 Å². The van der Waals surface area contributed by atoms with Crippen molar-refractivity contribution in [3.05, 3.63) is 119 Å². The van der Waals surface area contributed by atoms with Crippen molar-refractivity contribution >= 4 is 46.1 Å². The van der Waals surface area contributed by atoms with Crippen LogP contribution >= 0.6 is 22.7 Å². The van der Waals surface area contributed by atoms with Crippen molar-refractivity contribution in [2.45, 2.75) is 6.54 Å². The third-order valence-electron chi connectivity index (χ3n) is 6.78. The van der Waals surface area contributed by atoms with Crippen LogP contribution in [0.2, 0.25) is 0 Å².